The third-order valence-electron chi connectivity index (χ3n) is 2.18. The zero-order valence-corrected chi connectivity index (χ0v) is 11.3. The van der Waals surface area contributed by atoms with E-state index in [1.165, 1.54) is 12.1 Å². The summed E-state index contributed by atoms with van der Waals surface area (Å²) in [6.45, 7) is 0. The van der Waals surface area contributed by atoms with Crippen molar-refractivity contribution in [2.75, 3.05) is 0 Å². The van der Waals surface area contributed by atoms with Crippen molar-refractivity contribution in [3.8, 4) is 11.6 Å². The third kappa shape index (κ3) is 2.88. The fourth-order valence-corrected chi connectivity index (χ4v) is 1.78. The van der Waals surface area contributed by atoms with Crippen molar-refractivity contribution < 1.29 is 19.6 Å². The van der Waals surface area contributed by atoms with Gasteiger partial charge in [0.05, 0.1) is 21.8 Å². The zero-order valence-electron chi connectivity index (χ0n) is 9.69. The van der Waals surface area contributed by atoms with Gasteiger partial charge in [0.15, 0.2) is 5.69 Å². The van der Waals surface area contributed by atoms with E-state index in [9.17, 15) is 14.9 Å². The lowest BCUT2D eigenvalue weighted by molar-refractivity contribution is -0.385. The standard InChI is InChI=1S/C11H6BrN3O5/c12-6-2-1-3-8(15(18)19)10(6)20-9-5-13-4-7(14-9)11(16)17/h1-5H,(H,16,17). The van der Waals surface area contributed by atoms with E-state index in [-0.39, 0.29) is 23.0 Å². The molecule has 2 rings (SSSR count). The van der Waals surface area contributed by atoms with Crippen molar-refractivity contribution in [2.45, 2.75) is 0 Å². The molecule has 0 aliphatic rings. The van der Waals surface area contributed by atoms with Gasteiger partial charge in [-0.25, -0.2) is 9.78 Å². The quantitative estimate of drug-likeness (QED) is 0.672. The lowest BCUT2D eigenvalue weighted by Crippen LogP contribution is -2.03. The molecule has 0 saturated carbocycles. The molecule has 2 aromatic rings. The van der Waals surface area contributed by atoms with E-state index in [4.69, 9.17) is 9.84 Å². The highest BCUT2D eigenvalue weighted by Crippen LogP contribution is 2.37. The van der Waals surface area contributed by atoms with Gasteiger partial charge in [-0.05, 0) is 22.0 Å². The summed E-state index contributed by atoms with van der Waals surface area (Å²) in [4.78, 5) is 28.4. The Kier molecular flexibility index (Phi) is 3.89. The van der Waals surface area contributed by atoms with Crippen molar-refractivity contribution in [1.82, 2.24) is 9.97 Å². The van der Waals surface area contributed by atoms with Crippen molar-refractivity contribution in [3.05, 3.63) is 50.9 Å². The molecule has 0 fully saturated rings. The molecule has 1 aromatic carbocycles. The van der Waals surface area contributed by atoms with Crippen molar-refractivity contribution >= 4 is 27.6 Å². The maximum atomic E-state index is 10.9. The number of halogens is 1. The normalized spacial score (nSPS) is 10.1. The molecule has 0 saturated heterocycles. The summed E-state index contributed by atoms with van der Waals surface area (Å²) in [5.74, 6) is -1.50. The van der Waals surface area contributed by atoms with E-state index < -0.39 is 10.9 Å². The van der Waals surface area contributed by atoms with E-state index in [1.807, 2.05) is 0 Å². The summed E-state index contributed by atoms with van der Waals surface area (Å²) < 4.78 is 5.61. The molecule has 1 N–H and O–H groups in total. The number of aromatic carboxylic acids is 1. The molecule has 0 radical (unpaired) electrons. The Labute approximate surface area is 120 Å². The Morgan fingerprint density at radius 2 is 2.15 bits per heavy atom. The van der Waals surface area contributed by atoms with Crippen LogP contribution in [-0.4, -0.2) is 26.0 Å². The Morgan fingerprint density at radius 1 is 1.40 bits per heavy atom. The van der Waals surface area contributed by atoms with Crippen LogP contribution in [0.3, 0.4) is 0 Å². The molecular weight excluding hydrogens is 334 g/mol. The molecule has 0 aliphatic carbocycles. The van der Waals surface area contributed by atoms with E-state index in [0.29, 0.717) is 4.47 Å². The number of hydrogen-bond acceptors (Lipinski definition) is 6. The van der Waals surface area contributed by atoms with Gasteiger partial charge in [-0.3, -0.25) is 15.1 Å². The van der Waals surface area contributed by atoms with Gasteiger partial charge in [0.1, 0.15) is 0 Å². The van der Waals surface area contributed by atoms with E-state index >= 15 is 0 Å². The fraction of sp³-hybridized carbons (Fsp3) is 0. The predicted octanol–water partition coefficient (Wildman–Crippen LogP) is 2.64. The summed E-state index contributed by atoms with van der Waals surface area (Å²) in [5.41, 5.74) is -0.598. The minimum absolute atomic E-state index is 0.0747. The lowest BCUT2D eigenvalue weighted by atomic mass is 10.3. The Bertz CT molecular complexity index is 692. The predicted molar refractivity (Wildman–Crippen MR) is 69.9 cm³/mol. The first-order chi connectivity index (χ1) is 9.49. The highest BCUT2D eigenvalue weighted by Gasteiger charge is 2.19. The molecule has 1 heterocycles. The van der Waals surface area contributed by atoms with Gasteiger partial charge in [-0.1, -0.05) is 6.07 Å². The second kappa shape index (κ2) is 5.61. The molecule has 0 spiro atoms. The third-order valence-corrected chi connectivity index (χ3v) is 2.81. The first-order valence-corrected chi connectivity index (χ1v) is 5.94. The number of carbonyl (C=O) groups is 1. The monoisotopic (exact) mass is 339 g/mol. The van der Waals surface area contributed by atoms with Gasteiger partial charge < -0.3 is 9.84 Å². The van der Waals surface area contributed by atoms with Crippen LogP contribution in [0.5, 0.6) is 11.6 Å². The number of ether oxygens (including phenoxy) is 1. The number of benzene rings is 1. The highest BCUT2D eigenvalue weighted by molar-refractivity contribution is 9.10. The topological polar surface area (TPSA) is 115 Å². The second-order valence-electron chi connectivity index (χ2n) is 3.49. The van der Waals surface area contributed by atoms with Crippen LogP contribution in [0.4, 0.5) is 5.69 Å². The van der Waals surface area contributed by atoms with Crippen molar-refractivity contribution in [3.63, 3.8) is 0 Å². The minimum Gasteiger partial charge on any atom is -0.476 e. The van der Waals surface area contributed by atoms with Gasteiger partial charge in [-0.15, -0.1) is 0 Å². The second-order valence-corrected chi connectivity index (χ2v) is 4.35. The Balaban J connectivity index is 2.42. The SMILES string of the molecule is O=C(O)c1cncc(Oc2c(Br)cccc2[N+](=O)[O-])n1. The summed E-state index contributed by atoms with van der Waals surface area (Å²) >= 11 is 3.13. The summed E-state index contributed by atoms with van der Waals surface area (Å²) in [6, 6.07) is 4.29. The molecule has 0 atom stereocenters. The maximum Gasteiger partial charge on any atom is 0.356 e. The number of para-hydroxylation sites is 1. The molecule has 0 amide bonds. The average Bonchev–Trinajstić information content (AvgIpc) is 2.41. The van der Waals surface area contributed by atoms with Gasteiger partial charge in [0.25, 0.3) is 0 Å². The van der Waals surface area contributed by atoms with Crippen LogP contribution in [0.1, 0.15) is 10.5 Å². The van der Waals surface area contributed by atoms with Gasteiger partial charge in [-0.2, -0.15) is 0 Å². The molecular formula is C11H6BrN3O5. The summed E-state index contributed by atoms with van der Waals surface area (Å²) in [6.07, 6.45) is 2.21. The number of rotatable bonds is 4. The van der Waals surface area contributed by atoms with Crippen LogP contribution < -0.4 is 4.74 Å². The number of nitro groups is 1. The van der Waals surface area contributed by atoms with Crippen molar-refractivity contribution in [2.24, 2.45) is 0 Å². The summed E-state index contributed by atoms with van der Waals surface area (Å²) in [5, 5.41) is 19.7. The average molecular weight is 340 g/mol. The first-order valence-electron chi connectivity index (χ1n) is 5.15. The number of aromatic nitrogens is 2. The minimum atomic E-state index is -1.27. The van der Waals surface area contributed by atoms with Crippen LogP contribution in [0.15, 0.2) is 35.1 Å². The van der Waals surface area contributed by atoms with Crippen LogP contribution >= 0.6 is 15.9 Å². The number of nitrogens with zero attached hydrogens (tertiary/aromatic N) is 3. The molecule has 8 nitrogen and oxygen atoms in total. The number of hydrogen-bond donors (Lipinski definition) is 1. The number of carboxylic acids is 1. The van der Waals surface area contributed by atoms with Crippen molar-refractivity contribution in [1.29, 1.82) is 0 Å². The Hall–Kier alpha value is -2.55. The number of carboxylic acid groups (broad SMARTS) is 1. The maximum absolute atomic E-state index is 10.9. The zero-order chi connectivity index (χ0) is 14.7. The van der Waals surface area contributed by atoms with Crippen LogP contribution in [-0.2, 0) is 0 Å². The van der Waals surface area contributed by atoms with Gasteiger partial charge in [0, 0.05) is 6.07 Å². The van der Waals surface area contributed by atoms with Crippen LogP contribution in [0.25, 0.3) is 0 Å². The van der Waals surface area contributed by atoms with E-state index in [0.717, 1.165) is 12.4 Å². The van der Waals surface area contributed by atoms with Gasteiger partial charge in [0.2, 0.25) is 11.6 Å². The fourth-order valence-electron chi connectivity index (χ4n) is 1.35. The Morgan fingerprint density at radius 3 is 2.80 bits per heavy atom. The largest absolute Gasteiger partial charge is 0.476 e. The molecule has 20 heavy (non-hydrogen) atoms. The van der Waals surface area contributed by atoms with Gasteiger partial charge >= 0.3 is 11.7 Å². The first kappa shape index (κ1) is 13.9. The molecule has 0 unspecified atom stereocenters. The van der Waals surface area contributed by atoms with Crippen LogP contribution in [0, 0.1) is 10.1 Å². The highest BCUT2D eigenvalue weighted by atomic mass is 79.9. The molecule has 102 valence electrons. The molecule has 9 heteroatoms. The molecule has 0 aliphatic heterocycles. The van der Waals surface area contributed by atoms with E-state index in [2.05, 4.69) is 25.9 Å². The smallest absolute Gasteiger partial charge is 0.356 e. The van der Waals surface area contributed by atoms with Crippen LogP contribution in [0.2, 0.25) is 0 Å². The summed E-state index contributed by atoms with van der Waals surface area (Å²) in [7, 11) is 0. The van der Waals surface area contributed by atoms with E-state index in [1.54, 1.807) is 6.07 Å². The lowest BCUT2D eigenvalue weighted by Gasteiger charge is -2.07. The molecule has 0 bridgehead atoms. The number of nitro benzene ring substituents is 1. The molecule has 1 aromatic heterocycles.